The van der Waals surface area contributed by atoms with Crippen LogP contribution in [0.25, 0.3) is 22.4 Å². The zero-order chi connectivity index (χ0) is 18.7. The van der Waals surface area contributed by atoms with Gasteiger partial charge in [0.15, 0.2) is 5.78 Å². The molecule has 6 heteroatoms. The zero-order valence-electron chi connectivity index (χ0n) is 14.3. The number of phenols is 1. The van der Waals surface area contributed by atoms with Gasteiger partial charge in [0.2, 0.25) is 0 Å². The molecule has 130 valence electrons. The summed E-state index contributed by atoms with van der Waals surface area (Å²) in [6, 6.07) is 11.7. The maximum Gasteiger partial charge on any atom is 0.342 e. The van der Waals surface area contributed by atoms with Gasteiger partial charge in [-0.1, -0.05) is 12.1 Å². The Morgan fingerprint density at radius 3 is 2.54 bits per heavy atom. The Labute approximate surface area is 150 Å². The number of ether oxygens (including phenoxy) is 1. The summed E-state index contributed by atoms with van der Waals surface area (Å²) < 4.78 is 4.80. The Morgan fingerprint density at radius 1 is 1.08 bits per heavy atom. The number of aromatic nitrogens is 2. The van der Waals surface area contributed by atoms with E-state index in [1.54, 1.807) is 42.7 Å². The van der Waals surface area contributed by atoms with Crippen LogP contribution in [-0.2, 0) is 4.74 Å². The molecule has 26 heavy (non-hydrogen) atoms. The largest absolute Gasteiger partial charge is 0.507 e. The molecule has 3 aromatic rings. The summed E-state index contributed by atoms with van der Waals surface area (Å²) in [5.74, 6) is -1.12. The number of carbonyl (C=O) groups excluding carboxylic acids is 2. The van der Waals surface area contributed by atoms with Crippen molar-refractivity contribution in [3.8, 4) is 28.1 Å². The van der Waals surface area contributed by atoms with Gasteiger partial charge in [-0.15, -0.1) is 0 Å². The fourth-order valence-electron chi connectivity index (χ4n) is 2.63. The Balaban J connectivity index is 2.27. The molecular weight excluding hydrogens is 332 g/mol. The van der Waals surface area contributed by atoms with Crippen LogP contribution in [0.1, 0.15) is 27.8 Å². The van der Waals surface area contributed by atoms with Crippen molar-refractivity contribution in [1.29, 1.82) is 0 Å². The van der Waals surface area contributed by atoms with E-state index in [-0.39, 0.29) is 22.8 Å². The van der Waals surface area contributed by atoms with Crippen LogP contribution < -0.4 is 0 Å². The maximum atomic E-state index is 12.2. The summed E-state index contributed by atoms with van der Waals surface area (Å²) in [6.07, 6.45) is 3.29. The molecule has 0 atom stereocenters. The molecule has 0 spiro atoms. The van der Waals surface area contributed by atoms with Gasteiger partial charge >= 0.3 is 5.97 Å². The van der Waals surface area contributed by atoms with Crippen molar-refractivity contribution in [2.24, 2.45) is 0 Å². The lowest BCUT2D eigenvalue weighted by atomic mass is 9.96. The van der Waals surface area contributed by atoms with E-state index in [4.69, 9.17) is 4.74 Å². The van der Waals surface area contributed by atoms with Crippen molar-refractivity contribution in [3.63, 3.8) is 0 Å². The molecule has 3 rings (SSSR count). The molecule has 1 aromatic carbocycles. The molecule has 0 aliphatic carbocycles. The first-order chi connectivity index (χ1) is 12.5. The highest BCUT2D eigenvalue weighted by atomic mass is 16.5. The number of ketones is 1. The fraction of sp³-hybridized carbons (Fsp3) is 0.100. The molecule has 1 N–H and O–H groups in total. The maximum absolute atomic E-state index is 12.2. The highest BCUT2D eigenvalue weighted by Crippen LogP contribution is 2.35. The second-order valence-electron chi connectivity index (χ2n) is 5.62. The van der Waals surface area contributed by atoms with E-state index >= 15 is 0 Å². The van der Waals surface area contributed by atoms with Crippen LogP contribution in [0.5, 0.6) is 5.75 Å². The fourth-order valence-corrected chi connectivity index (χ4v) is 2.63. The molecule has 0 aliphatic rings. The number of methoxy groups -OCH3 is 1. The predicted molar refractivity (Wildman–Crippen MR) is 95.9 cm³/mol. The van der Waals surface area contributed by atoms with Gasteiger partial charge in [0.1, 0.15) is 17.0 Å². The first kappa shape index (κ1) is 17.3. The molecule has 0 aliphatic heterocycles. The van der Waals surface area contributed by atoms with Crippen molar-refractivity contribution in [1.82, 2.24) is 9.97 Å². The lowest BCUT2D eigenvalue weighted by Crippen LogP contribution is -2.06. The molecule has 0 saturated carbocycles. The summed E-state index contributed by atoms with van der Waals surface area (Å²) in [5, 5.41) is 10.5. The minimum atomic E-state index is -0.690. The second-order valence-corrected chi connectivity index (χ2v) is 5.62. The lowest BCUT2D eigenvalue weighted by molar-refractivity contribution is 0.0598. The predicted octanol–water partition coefficient (Wildman–Crippen LogP) is 3.51. The highest BCUT2D eigenvalue weighted by molar-refractivity contribution is 6.01. The number of phenolic OH excluding ortho intramolecular Hbond substituents is 1. The Morgan fingerprint density at radius 2 is 1.88 bits per heavy atom. The van der Waals surface area contributed by atoms with Crippen LogP contribution in [0.15, 0.2) is 54.9 Å². The summed E-state index contributed by atoms with van der Waals surface area (Å²) in [6.45, 7) is 1.41. The molecule has 0 saturated heterocycles. The monoisotopic (exact) mass is 348 g/mol. The minimum absolute atomic E-state index is 0.00616. The van der Waals surface area contributed by atoms with Crippen LogP contribution in [0.4, 0.5) is 0 Å². The molecule has 0 unspecified atom stereocenters. The average Bonchev–Trinajstić information content (AvgIpc) is 2.67. The van der Waals surface area contributed by atoms with E-state index in [0.717, 1.165) is 5.56 Å². The van der Waals surface area contributed by atoms with Crippen molar-refractivity contribution in [2.75, 3.05) is 7.11 Å². The standard InChI is InChI=1S/C20H16N2O4/c1-12(23)16-6-3-7-17(22-16)15-9-14(13-5-4-8-21-11-13)10-18(24)19(15)20(25)26-2/h3-11,24H,1-2H3. The molecule has 0 fully saturated rings. The van der Waals surface area contributed by atoms with E-state index in [1.807, 2.05) is 6.07 Å². The van der Waals surface area contributed by atoms with Gasteiger partial charge in [-0.2, -0.15) is 0 Å². The normalized spacial score (nSPS) is 10.4. The number of aromatic hydroxyl groups is 1. The third kappa shape index (κ3) is 3.30. The third-order valence-corrected chi connectivity index (χ3v) is 3.89. The van der Waals surface area contributed by atoms with Crippen LogP contribution in [0.2, 0.25) is 0 Å². The summed E-state index contributed by atoms with van der Waals surface area (Å²) in [7, 11) is 1.24. The van der Waals surface area contributed by atoms with Crippen molar-refractivity contribution in [3.05, 3.63) is 66.1 Å². The van der Waals surface area contributed by atoms with Gasteiger partial charge < -0.3 is 9.84 Å². The number of nitrogens with zero attached hydrogens (tertiary/aromatic N) is 2. The number of benzene rings is 1. The van der Waals surface area contributed by atoms with E-state index < -0.39 is 5.97 Å². The first-order valence-corrected chi connectivity index (χ1v) is 7.85. The van der Waals surface area contributed by atoms with Crippen LogP contribution in [-0.4, -0.2) is 33.9 Å². The van der Waals surface area contributed by atoms with Crippen LogP contribution in [0, 0.1) is 0 Å². The van der Waals surface area contributed by atoms with E-state index in [0.29, 0.717) is 16.8 Å². The molecule has 2 aromatic heterocycles. The minimum Gasteiger partial charge on any atom is -0.507 e. The Kier molecular flexibility index (Phi) is 4.75. The number of pyridine rings is 2. The molecule has 2 heterocycles. The smallest absolute Gasteiger partial charge is 0.342 e. The average molecular weight is 348 g/mol. The lowest BCUT2D eigenvalue weighted by Gasteiger charge is -2.13. The number of esters is 1. The first-order valence-electron chi connectivity index (χ1n) is 7.85. The third-order valence-electron chi connectivity index (χ3n) is 3.89. The van der Waals surface area contributed by atoms with Gasteiger partial charge in [-0.05, 0) is 35.9 Å². The molecule has 0 radical (unpaired) electrons. The summed E-state index contributed by atoms with van der Waals surface area (Å²) in [5.41, 5.74) is 2.45. The molecular formula is C20H16N2O4. The highest BCUT2D eigenvalue weighted by Gasteiger charge is 2.21. The van der Waals surface area contributed by atoms with Crippen LogP contribution >= 0.6 is 0 Å². The van der Waals surface area contributed by atoms with Crippen LogP contribution in [0.3, 0.4) is 0 Å². The SMILES string of the molecule is COC(=O)c1c(O)cc(-c2cccnc2)cc1-c1cccc(C(C)=O)n1. The zero-order valence-corrected chi connectivity index (χ0v) is 14.3. The van der Waals surface area contributed by atoms with Crippen molar-refractivity contribution in [2.45, 2.75) is 6.92 Å². The van der Waals surface area contributed by atoms with Gasteiger partial charge in [0.05, 0.1) is 12.8 Å². The Bertz CT molecular complexity index is 984. The van der Waals surface area contributed by atoms with Gasteiger partial charge in [0, 0.05) is 30.4 Å². The number of hydrogen-bond acceptors (Lipinski definition) is 6. The van der Waals surface area contributed by atoms with E-state index in [2.05, 4.69) is 9.97 Å². The topological polar surface area (TPSA) is 89.4 Å². The van der Waals surface area contributed by atoms with E-state index in [9.17, 15) is 14.7 Å². The van der Waals surface area contributed by atoms with Gasteiger partial charge in [0.25, 0.3) is 0 Å². The second kappa shape index (κ2) is 7.14. The summed E-state index contributed by atoms with van der Waals surface area (Å²) >= 11 is 0. The molecule has 6 nitrogen and oxygen atoms in total. The molecule has 0 bridgehead atoms. The van der Waals surface area contributed by atoms with E-state index in [1.165, 1.54) is 20.1 Å². The molecule has 0 amide bonds. The quantitative estimate of drug-likeness (QED) is 0.573. The van der Waals surface area contributed by atoms with Crippen molar-refractivity contribution >= 4 is 11.8 Å². The van der Waals surface area contributed by atoms with Crippen molar-refractivity contribution < 1.29 is 19.4 Å². The van der Waals surface area contributed by atoms with Gasteiger partial charge in [-0.3, -0.25) is 9.78 Å². The number of carbonyl (C=O) groups is 2. The van der Waals surface area contributed by atoms with Gasteiger partial charge in [-0.25, -0.2) is 9.78 Å². The number of hydrogen-bond donors (Lipinski definition) is 1. The number of Topliss-reactive ketones (excluding diaryl/α,β-unsaturated/α-hetero) is 1. The Hall–Kier alpha value is -3.54. The number of rotatable bonds is 4. The summed E-state index contributed by atoms with van der Waals surface area (Å²) in [4.78, 5) is 32.2.